The van der Waals surface area contributed by atoms with E-state index in [0.717, 1.165) is 18.9 Å². The summed E-state index contributed by atoms with van der Waals surface area (Å²) in [7, 11) is 2.16. The van der Waals surface area contributed by atoms with Crippen LogP contribution in [0.2, 0.25) is 0 Å². The predicted octanol–water partition coefficient (Wildman–Crippen LogP) is 1.10. The van der Waals surface area contributed by atoms with Gasteiger partial charge in [-0.05, 0) is 38.8 Å². The van der Waals surface area contributed by atoms with Gasteiger partial charge in [-0.15, -0.1) is 0 Å². The van der Waals surface area contributed by atoms with Crippen LogP contribution in [0.15, 0.2) is 0 Å². The molecule has 2 nitrogen and oxygen atoms in total. The SMILES string of the molecule is CN1CC[C@H]2CCC[C@@H](O)[C@H]2C1. The molecule has 0 bridgehead atoms. The van der Waals surface area contributed by atoms with E-state index in [1.54, 1.807) is 0 Å². The average Bonchev–Trinajstić information content (AvgIpc) is 2.07. The van der Waals surface area contributed by atoms with E-state index in [1.165, 1.54) is 25.8 Å². The van der Waals surface area contributed by atoms with Gasteiger partial charge in [-0.2, -0.15) is 0 Å². The minimum absolute atomic E-state index is 0.00787. The average molecular weight is 169 g/mol. The Morgan fingerprint density at radius 3 is 2.92 bits per heavy atom. The monoisotopic (exact) mass is 169 g/mol. The Hall–Kier alpha value is -0.0800. The first kappa shape index (κ1) is 8.52. The summed E-state index contributed by atoms with van der Waals surface area (Å²) in [5, 5.41) is 9.80. The molecule has 1 aliphatic carbocycles. The zero-order valence-electron chi connectivity index (χ0n) is 7.87. The van der Waals surface area contributed by atoms with Gasteiger partial charge in [0.25, 0.3) is 0 Å². The molecule has 12 heavy (non-hydrogen) atoms. The number of fused-ring (bicyclic) bond motifs is 1. The van der Waals surface area contributed by atoms with Crippen LogP contribution in [0.25, 0.3) is 0 Å². The Bertz CT molecular complexity index is 160. The number of piperidine rings is 1. The topological polar surface area (TPSA) is 23.5 Å². The summed E-state index contributed by atoms with van der Waals surface area (Å²) in [6, 6.07) is 0. The summed E-state index contributed by atoms with van der Waals surface area (Å²) in [6.45, 7) is 2.35. The number of rotatable bonds is 0. The van der Waals surface area contributed by atoms with Gasteiger partial charge in [-0.3, -0.25) is 0 Å². The van der Waals surface area contributed by atoms with Crippen molar-refractivity contribution in [3.8, 4) is 0 Å². The van der Waals surface area contributed by atoms with Gasteiger partial charge in [0.15, 0.2) is 0 Å². The van der Waals surface area contributed by atoms with Crippen LogP contribution in [0.5, 0.6) is 0 Å². The van der Waals surface area contributed by atoms with Gasteiger partial charge in [0.1, 0.15) is 0 Å². The number of hydrogen-bond acceptors (Lipinski definition) is 2. The fourth-order valence-corrected chi connectivity index (χ4v) is 2.80. The van der Waals surface area contributed by atoms with Crippen LogP contribution >= 0.6 is 0 Å². The second-order valence-corrected chi connectivity index (χ2v) is 4.47. The lowest BCUT2D eigenvalue weighted by molar-refractivity contribution is -0.0110. The van der Waals surface area contributed by atoms with Crippen molar-refractivity contribution in [2.24, 2.45) is 11.8 Å². The number of aliphatic hydroxyl groups is 1. The molecule has 2 fully saturated rings. The van der Waals surface area contributed by atoms with Crippen LogP contribution in [0.4, 0.5) is 0 Å². The van der Waals surface area contributed by atoms with E-state index in [9.17, 15) is 5.11 Å². The van der Waals surface area contributed by atoms with Gasteiger partial charge < -0.3 is 10.0 Å². The van der Waals surface area contributed by atoms with Gasteiger partial charge >= 0.3 is 0 Å². The summed E-state index contributed by atoms with van der Waals surface area (Å²) in [4.78, 5) is 2.36. The summed E-state index contributed by atoms with van der Waals surface area (Å²) in [6.07, 6.45) is 4.93. The molecule has 1 heterocycles. The number of aliphatic hydroxyl groups excluding tert-OH is 1. The highest BCUT2D eigenvalue weighted by atomic mass is 16.3. The van der Waals surface area contributed by atoms with E-state index in [4.69, 9.17) is 0 Å². The molecule has 70 valence electrons. The van der Waals surface area contributed by atoms with Gasteiger partial charge in [0.05, 0.1) is 6.10 Å². The maximum atomic E-state index is 9.80. The van der Waals surface area contributed by atoms with Crippen molar-refractivity contribution in [1.29, 1.82) is 0 Å². The third-order valence-corrected chi connectivity index (χ3v) is 3.58. The maximum absolute atomic E-state index is 9.80. The molecule has 0 radical (unpaired) electrons. The Labute approximate surface area is 74.6 Å². The Kier molecular flexibility index (Phi) is 2.37. The molecule has 1 saturated heterocycles. The van der Waals surface area contributed by atoms with E-state index in [2.05, 4.69) is 11.9 Å². The van der Waals surface area contributed by atoms with Crippen molar-refractivity contribution in [3.63, 3.8) is 0 Å². The first-order chi connectivity index (χ1) is 5.77. The molecule has 2 heteroatoms. The summed E-state index contributed by atoms with van der Waals surface area (Å²) in [5.41, 5.74) is 0. The second kappa shape index (κ2) is 3.35. The molecule has 0 aromatic carbocycles. The van der Waals surface area contributed by atoms with Crippen molar-refractivity contribution < 1.29 is 5.11 Å². The number of likely N-dealkylation sites (tertiary alicyclic amines) is 1. The van der Waals surface area contributed by atoms with Gasteiger partial charge in [-0.25, -0.2) is 0 Å². The Balaban J connectivity index is 2.00. The van der Waals surface area contributed by atoms with Crippen LogP contribution in [0.1, 0.15) is 25.7 Å². The third kappa shape index (κ3) is 1.50. The van der Waals surface area contributed by atoms with E-state index in [0.29, 0.717) is 5.92 Å². The van der Waals surface area contributed by atoms with E-state index in [1.807, 2.05) is 0 Å². The smallest absolute Gasteiger partial charge is 0.0583 e. The van der Waals surface area contributed by atoms with E-state index >= 15 is 0 Å². The molecule has 2 aliphatic rings. The molecule has 1 N–H and O–H groups in total. The van der Waals surface area contributed by atoms with Crippen molar-refractivity contribution in [2.75, 3.05) is 20.1 Å². The van der Waals surface area contributed by atoms with Crippen molar-refractivity contribution in [2.45, 2.75) is 31.8 Å². The van der Waals surface area contributed by atoms with E-state index < -0.39 is 0 Å². The molecular formula is C10H19NO. The van der Waals surface area contributed by atoms with Gasteiger partial charge in [0.2, 0.25) is 0 Å². The molecule has 0 aromatic rings. The fourth-order valence-electron chi connectivity index (χ4n) is 2.80. The molecule has 2 rings (SSSR count). The molecule has 0 spiro atoms. The van der Waals surface area contributed by atoms with Gasteiger partial charge in [-0.1, -0.05) is 6.42 Å². The fraction of sp³-hybridized carbons (Fsp3) is 1.00. The second-order valence-electron chi connectivity index (χ2n) is 4.47. The molecule has 0 unspecified atom stereocenters. The lowest BCUT2D eigenvalue weighted by Crippen LogP contribution is -2.45. The van der Waals surface area contributed by atoms with Crippen molar-refractivity contribution in [1.82, 2.24) is 4.90 Å². The standard InChI is InChI=1S/C10H19NO/c1-11-6-5-8-3-2-4-10(12)9(8)7-11/h8-10,12H,2-7H2,1H3/t8-,9+,10-/m1/s1. The summed E-state index contributed by atoms with van der Waals surface area (Å²) < 4.78 is 0. The van der Waals surface area contributed by atoms with Crippen molar-refractivity contribution >= 4 is 0 Å². The summed E-state index contributed by atoms with van der Waals surface area (Å²) in [5.74, 6) is 1.41. The molecular weight excluding hydrogens is 150 g/mol. The molecule has 1 aliphatic heterocycles. The molecule has 1 saturated carbocycles. The van der Waals surface area contributed by atoms with E-state index in [-0.39, 0.29) is 6.10 Å². The molecule has 0 aromatic heterocycles. The lowest BCUT2D eigenvalue weighted by Gasteiger charge is -2.42. The predicted molar refractivity (Wildman–Crippen MR) is 49.0 cm³/mol. The first-order valence-corrected chi connectivity index (χ1v) is 5.14. The minimum Gasteiger partial charge on any atom is -0.393 e. The Morgan fingerprint density at radius 2 is 2.08 bits per heavy atom. The third-order valence-electron chi connectivity index (χ3n) is 3.58. The summed E-state index contributed by atoms with van der Waals surface area (Å²) >= 11 is 0. The highest BCUT2D eigenvalue weighted by molar-refractivity contribution is 4.87. The minimum atomic E-state index is -0.00787. The number of hydrogen-bond donors (Lipinski definition) is 1. The normalized spacial score (nSPS) is 44.0. The highest BCUT2D eigenvalue weighted by Gasteiger charge is 2.35. The van der Waals surface area contributed by atoms with Gasteiger partial charge in [0, 0.05) is 12.5 Å². The van der Waals surface area contributed by atoms with Crippen molar-refractivity contribution in [3.05, 3.63) is 0 Å². The first-order valence-electron chi connectivity index (χ1n) is 5.14. The van der Waals surface area contributed by atoms with Crippen LogP contribution in [0, 0.1) is 11.8 Å². The highest BCUT2D eigenvalue weighted by Crippen LogP contribution is 2.35. The van der Waals surface area contributed by atoms with Crippen LogP contribution in [0.3, 0.4) is 0 Å². The van der Waals surface area contributed by atoms with Crippen LogP contribution < -0.4 is 0 Å². The lowest BCUT2D eigenvalue weighted by atomic mass is 9.73. The molecule has 3 atom stereocenters. The largest absolute Gasteiger partial charge is 0.393 e. The maximum Gasteiger partial charge on any atom is 0.0583 e. The van der Waals surface area contributed by atoms with Crippen LogP contribution in [-0.2, 0) is 0 Å². The number of nitrogens with zero attached hydrogens (tertiary/aromatic N) is 1. The van der Waals surface area contributed by atoms with Crippen LogP contribution in [-0.4, -0.2) is 36.2 Å². The zero-order chi connectivity index (χ0) is 8.55. The zero-order valence-corrected chi connectivity index (χ0v) is 7.87. The Morgan fingerprint density at radius 1 is 1.25 bits per heavy atom. The molecule has 0 amide bonds. The quantitative estimate of drug-likeness (QED) is 0.587.